The summed E-state index contributed by atoms with van der Waals surface area (Å²) in [4.78, 5) is 35.5. The number of nitrogens with one attached hydrogen (secondary N) is 3. The van der Waals surface area contributed by atoms with E-state index in [0.29, 0.717) is 30.0 Å². The highest BCUT2D eigenvalue weighted by molar-refractivity contribution is 6.04. The summed E-state index contributed by atoms with van der Waals surface area (Å²) in [7, 11) is 0. The van der Waals surface area contributed by atoms with Gasteiger partial charge in [0.25, 0.3) is 11.8 Å². The second kappa shape index (κ2) is 10.8. The molecule has 0 bridgehead atoms. The molecule has 2 aromatic carbocycles. The van der Waals surface area contributed by atoms with Crippen LogP contribution in [0.25, 0.3) is 0 Å². The molecule has 7 nitrogen and oxygen atoms in total. The summed E-state index contributed by atoms with van der Waals surface area (Å²) in [6, 6.07) is 11.5. The first-order valence-corrected chi connectivity index (χ1v) is 8.79. The fourth-order valence-corrected chi connectivity index (χ4v) is 2.24. The van der Waals surface area contributed by atoms with Crippen LogP contribution in [0.2, 0.25) is 0 Å². The summed E-state index contributed by atoms with van der Waals surface area (Å²) < 4.78 is 17.9. The first kappa shape index (κ1) is 21.0. The molecule has 2 aromatic rings. The Balaban J connectivity index is 1.78. The van der Waals surface area contributed by atoms with Crippen molar-refractivity contribution in [2.24, 2.45) is 0 Å². The number of halogens is 1. The molecular weight excluding hydrogens is 365 g/mol. The fourth-order valence-electron chi connectivity index (χ4n) is 2.24. The second-order valence-electron chi connectivity index (χ2n) is 5.78. The van der Waals surface area contributed by atoms with Crippen molar-refractivity contribution in [3.05, 3.63) is 65.5 Å². The lowest BCUT2D eigenvalue weighted by atomic mass is 10.1. The van der Waals surface area contributed by atoms with Crippen molar-refractivity contribution in [1.29, 1.82) is 0 Å². The largest absolute Gasteiger partial charge is 0.372 e. The number of benzene rings is 2. The van der Waals surface area contributed by atoms with Gasteiger partial charge >= 0.3 is 0 Å². The molecule has 148 valence electrons. The van der Waals surface area contributed by atoms with Crippen LogP contribution in [-0.2, 0) is 9.53 Å². The molecule has 0 unspecified atom stereocenters. The van der Waals surface area contributed by atoms with E-state index >= 15 is 0 Å². The van der Waals surface area contributed by atoms with Gasteiger partial charge in [-0.2, -0.15) is 0 Å². The SMILES string of the molecule is CCOCC(=O)NCCNC(=O)c1ccc(NC(=O)c2ccc(F)cc2)cc1. The number of ether oxygens (including phenoxy) is 1. The summed E-state index contributed by atoms with van der Waals surface area (Å²) in [6.07, 6.45) is 0. The molecule has 0 aliphatic carbocycles. The number of carbonyl (C=O) groups is 3. The van der Waals surface area contributed by atoms with Crippen LogP contribution in [0.3, 0.4) is 0 Å². The van der Waals surface area contributed by atoms with E-state index in [1.807, 2.05) is 0 Å². The van der Waals surface area contributed by atoms with Crippen molar-refractivity contribution in [3.8, 4) is 0 Å². The van der Waals surface area contributed by atoms with Gasteiger partial charge < -0.3 is 20.7 Å². The Hall–Kier alpha value is -3.26. The molecule has 0 radical (unpaired) electrons. The van der Waals surface area contributed by atoms with Gasteiger partial charge in [-0.1, -0.05) is 0 Å². The summed E-state index contributed by atoms with van der Waals surface area (Å²) in [5, 5.41) is 7.98. The molecule has 0 heterocycles. The lowest BCUT2D eigenvalue weighted by Crippen LogP contribution is -2.36. The molecule has 0 saturated heterocycles. The Labute approximate surface area is 162 Å². The maximum atomic E-state index is 12.9. The zero-order valence-electron chi connectivity index (χ0n) is 15.5. The summed E-state index contributed by atoms with van der Waals surface area (Å²) >= 11 is 0. The number of amides is 3. The average molecular weight is 387 g/mol. The Morgan fingerprint density at radius 3 is 2.07 bits per heavy atom. The van der Waals surface area contributed by atoms with Crippen LogP contribution in [0.1, 0.15) is 27.6 Å². The lowest BCUT2D eigenvalue weighted by Gasteiger charge is -2.09. The number of carbonyl (C=O) groups excluding carboxylic acids is 3. The third kappa shape index (κ3) is 6.81. The van der Waals surface area contributed by atoms with Crippen LogP contribution in [0, 0.1) is 5.82 Å². The van der Waals surface area contributed by atoms with Crippen molar-refractivity contribution in [2.75, 3.05) is 31.6 Å². The molecular formula is C20H22FN3O4. The minimum absolute atomic E-state index is 0.00441. The minimum Gasteiger partial charge on any atom is -0.372 e. The zero-order valence-corrected chi connectivity index (χ0v) is 15.5. The van der Waals surface area contributed by atoms with E-state index in [2.05, 4.69) is 16.0 Å². The molecule has 0 atom stereocenters. The fraction of sp³-hybridized carbons (Fsp3) is 0.250. The zero-order chi connectivity index (χ0) is 20.4. The maximum absolute atomic E-state index is 12.9. The molecule has 0 saturated carbocycles. The number of rotatable bonds is 9. The molecule has 0 aromatic heterocycles. The summed E-state index contributed by atoms with van der Waals surface area (Å²) in [5.41, 5.74) is 1.25. The van der Waals surface area contributed by atoms with Gasteiger partial charge in [0.15, 0.2) is 0 Å². The van der Waals surface area contributed by atoms with Gasteiger partial charge in [0.05, 0.1) is 0 Å². The van der Waals surface area contributed by atoms with Crippen LogP contribution in [0.4, 0.5) is 10.1 Å². The van der Waals surface area contributed by atoms with Crippen molar-refractivity contribution in [1.82, 2.24) is 10.6 Å². The Bertz CT molecular complexity index is 807. The minimum atomic E-state index is -0.416. The predicted molar refractivity (Wildman–Crippen MR) is 103 cm³/mol. The van der Waals surface area contributed by atoms with Gasteiger partial charge in [-0.15, -0.1) is 0 Å². The molecule has 8 heteroatoms. The number of anilines is 1. The number of hydrogen-bond donors (Lipinski definition) is 3. The normalized spacial score (nSPS) is 10.2. The maximum Gasteiger partial charge on any atom is 0.255 e. The van der Waals surface area contributed by atoms with Crippen LogP contribution in [0.15, 0.2) is 48.5 Å². The molecule has 0 aliphatic heterocycles. The highest BCUT2D eigenvalue weighted by Crippen LogP contribution is 2.12. The highest BCUT2D eigenvalue weighted by Gasteiger charge is 2.08. The van der Waals surface area contributed by atoms with Crippen LogP contribution < -0.4 is 16.0 Å². The first-order chi connectivity index (χ1) is 13.5. The van der Waals surface area contributed by atoms with E-state index in [9.17, 15) is 18.8 Å². The third-order valence-corrected chi connectivity index (χ3v) is 3.68. The summed E-state index contributed by atoms with van der Waals surface area (Å²) in [5.74, 6) is -1.33. The summed E-state index contributed by atoms with van der Waals surface area (Å²) in [6.45, 7) is 2.83. The Morgan fingerprint density at radius 2 is 1.43 bits per heavy atom. The molecule has 28 heavy (non-hydrogen) atoms. The van der Waals surface area contributed by atoms with Gasteiger partial charge in [0, 0.05) is 36.5 Å². The van der Waals surface area contributed by atoms with Crippen molar-refractivity contribution < 1.29 is 23.5 Å². The van der Waals surface area contributed by atoms with Gasteiger partial charge in [0.2, 0.25) is 5.91 Å². The molecule has 2 rings (SSSR count). The van der Waals surface area contributed by atoms with Crippen molar-refractivity contribution in [2.45, 2.75) is 6.92 Å². The number of hydrogen-bond acceptors (Lipinski definition) is 4. The molecule has 0 spiro atoms. The average Bonchev–Trinajstić information content (AvgIpc) is 2.70. The van der Waals surface area contributed by atoms with Crippen molar-refractivity contribution in [3.63, 3.8) is 0 Å². The Kier molecular flexibility index (Phi) is 8.11. The smallest absolute Gasteiger partial charge is 0.255 e. The van der Waals surface area contributed by atoms with E-state index in [0.717, 1.165) is 0 Å². The topological polar surface area (TPSA) is 96.5 Å². The molecule has 3 amide bonds. The van der Waals surface area contributed by atoms with Crippen LogP contribution in [0.5, 0.6) is 0 Å². The molecule has 3 N–H and O–H groups in total. The van der Waals surface area contributed by atoms with Crippen LogP contribution >= 0.6 is 0 Å². The van der Waals surface area contributed by atoms with E-state index in [4.69, 9.17) is 4.74 Å². The van der Waals surface area contributed by atoms with E-state index in [1.165, 1.54) is 24.3 Å². The van der Waals surface area contributed by atoms with Gasteiger partial charge in [-0.05, 0) is 55.5 Å². The lowest BCUT2D eigenvalue weighted by molar-refractivity contribution is -0.125. The van der Waals surface area contributed by atoms with Crippen LogP contribution in [-0.4, -0.2) is 44.0 Å². The highest BCUT2D eigenvalue weighted by atomic mass is 19.1. The second-order valence-corrected chi connectivity index (χ2v) is 5.78. The van der Waals surface area contributed by atoms with Gasteiger partial charge in [0.1, 0.15) is 12.4 Å². The third-order valence-electron chi connectivity index (χ3n) is 3.68. The quantitative estimate of drug-likeness (QED) is 0.573. The van der Waals surface area contributed by atoms with Gasteiger partial charge in [-0.25, -0.2) is 4.39 Å². The molecule has 0 aliphatic rings. The van der Waals surface area contributed by atoms with E-state index < -0.39 is 5.82 Å². The van der Waals surface area contributed by atoms with Gasteiger partial charge in [-0.3, -0.25) is 14.4 Å². The standard InChI is InChI=1S/C20H22FN3O4/c1-2-28-13-18(25)22-11-12-23-19(26)14-5-9-17(10-6-14)24-20(27)15-3-7-16(21)8-4-15/h3-10H,2,11-13H2,1H3,(H,22,25)(H,23,26)(H,24,27). The Morgan fingerprint density at radius 1 is 0.857 bits per heavy atom. The van der Waals surface area contributed by atoms with E-state index in [-0.39, 0.29) is 30.9 Å². The first-order valence-electron chi connectivity index (χ1n) is 8.79. The predicted octanol–water partition coefficient (Wildman–Crippen LogP) is 1.96. The molecule has 0 fully saturated rings. The van der Waals surface area contributed by atoms with Crippen molar-refractivity contribution >= 4 is 23.4 Å². The monoisotopic (exact) mass is 387 g/mol. The van der Waals surface area contributed by atoms with E-state index in [1.54, 1.807) is 31.2 Å².